The highest BCUT2D eigenvalue weighted by atomic mass is 16.5. The molecule has 0 aliphatic carbocycles. The van der Waals surface area contributed by atoms with Crippen molar-refractivity contribution >= 4 is 17.8 Å². The zero-order valence-electron chi connectivity index (χ0n) is 21.1. The maximum Gasteiger partial charge on any atom is 0.325 e. The van der Waals surface area contributed by atoms with Crippen molar-refractivity contribution in [2.45, 2.75) is 63.6 Å². The number of imide groups is 1. The van der Waals surface area contributed by atoms with E-state index in [1.807, 2.05) is 11.9 Å². The number of methoxy groups -OCH3 is 2. The number of carbonyl (C=O) groups excluding carboxylic acids is 3. The van der Waals surface area contributed by atoms with Gasteiger partial charge in [-0.2, -0.15) is 0 Å². The van der Waals surface area contributed by atoms with Crippen LogP contribution in [0.25, 0.3) is 0 Å². The molecule has 35 heavy (non-hydrogen) atoms. The molecule has 1 aromatic rings. The molecule has 4 amide bonds. The minimum absolute atomic E-state index is 0.0262. The average molecular weight is 487 g/mol. The predicted molar refractivity (Wildman–Crippen MR) is 131 cm³/mol. The molecule has 0 bridgehead atoms. The zero-order valence-corrected chi connectivity index (χ0v) is 21.1. The second-order valence-corrected chi connectivity index (χ2v) is 9.93. The van der Waals surface area contributed by atoms with Gasteiger partial charge < -0.3 is 24.6 Å². The van der Waals surface area contributed by atoms with Gasteiger partial charge in [-0.05, 0) is 68.8 Å². The molecule has 9 nitrogen and oxygen atoms in total. The number of nitrogens with one attached hydrogen (secondary N) is 1. The Labute approximate surface area is 207 Å². The lowest BCUT2D eigenvalue weighted by molar-refractivity contribution is -0.132. The molecule has 0 aromatic heterocycles. The highest BCUT2D eigenvalue weighted by Crippen LogP contribution is 2.32. The van der Waals surface area contributed by atoms with Gasteiger partial charge >= 0.3 is 6.03 Å². The fraction of sp³-hybridized carbons (Fsp3) is 0.654. The van der Waals surface area contributed by atoms with E-state index in [4.69, 9.17) is 9.47 Å². The van der Waals surface area contributed by atoms with E-state index in [9.17, 15) is 14.4 Å². The minimum Gasteiger partial charge on any atom is -0.493 e. The van der Waals surface area contributed by atoms with Crippen molar-refractivity contribution in [1.29, 1.82) is 0 Å². The van der Waals surface area contributed by atoms with Crippen molar-refractivity contribution in [2.24, 2.45) is 5.92 Å². The molecule has 3 heterocycles. The number of hydrogen-bond acceptors (Lipinski definition) is 6. The Kier molecular flexibility index (Phi) is 8.15. The van der Waals surface area contributed by atoms with Crippen molar-refractivity contribution in [3.05, 3.63) is 23.8 Å². The van der Waals surface area contributed by atoms with E-state index in [2.05, 4.69) is 10.2 Å². The maximum absolute atomic E-state index is 12.9. The van der Waals surface area contributed by atoms with Gasteiger partial charge in [0.1, 0.15) is 6.04 Å². The molecule has 1 N–H and O–H groups in total. The highest BCUT2D eigenvalue weighted by molar-refractivity contribution is 6.04. The van der Waals surface area contributed by atoms with E-state index in [-0.39, 0.29) is 24.8 Å². The Morgan fingerprint density at radius 1 is 1.09 bits per heavy atom. The zero-order chi connectivity index (χ0) is 24.9. The average Bonchev–Trinajstić information content (AvgIpc) is 3.14. The lowest BCUT2D eigenvalue weighted by atomic mass is 9.83. The Morgan fingerprint density at radius 3 is 2.63 bits per heavy atom. The summed E-state index contributed by atoms with van der Waals surface area (Å²) in [6.45, 7) is 3.26. The fourth-order valence-electron chi connectivity index (χ4n) is 5.79. The van der Waals surface area contributed by atoms with Gasteiger partial charge in [0.2, 0.25) is 5.91 Å². The number of hydrogen-bond donors (Lipinski definition) is 1. The van der Waals surface area contributed by atoms with Crippen LogP contribution in [0, 0.1) is 5.92 Å². The molecule has 4 rings (SSSR count). The number of ether oxygens (including phenoxy) is 2. The van der Waals surface area contributed by atoms with Gasteiger partial charge in [0.05, 0.1) is 20.8 Å². The Morgan fingerprint density at radius 2 is 1.86 bits per heavy atom. The molecule has 9 heteroatoms. The second-order valence-electron chi connectivity index (χ2n) is 9.93. The Bertz CT molecular complexity index is 936. The number of amides is 4. The minimum atomic E-state index is -0.677. The van der Waals surface area contributed by atoms with Crippen LogP contribution < -0.4 is 14.8 Å². The summed E-state index contributed by atoms with van der Waals surface area (Å²) in [6, 6.07) is 4.78. The number of urea groups is 1. The quantitative estimate of drug-likeness (QED) is 0.540. The number of rotatable bonds is 9. The van der Waals surface area contributed by atoms with Crippen molar-refractivity contribution in [3.63, 3.8) is 0 Å². The lowest BCUT2D eigenvalue weighted by Crippen LogP contribution is -2.51. The molecule has 1 aromatic carbocycles. The van der Waals surface area contributed by atoms with Crippen LogP contribution in [-0.4, -0.2) is 85.5 Å². The third-order valence-electron chi connectivity index (χ3n) is 7.71. The summed E-state index contributed by atoms with van der Waals surface area (Å²) >= 11 is 0. The van der Waals surface area contributed by atoms with E-state index in [1.165, 1.54) is 50.1 Å². The first-order valence-corrected chi connectivity index (χ1v) is 12.7. The Balaban J connectivity index is 1.28. The molecule has 0 unspecified atom stereocenters. The molecule has 0 spiro atoms. The van der Waals surface area contributed by atoms with Gasteiger partial charge in [-0.1, -0.05) is 12.5 Å². The van der Waals surface area contributed by atoms with Crippen molar-refractivity contribution < 1.29 is 23.9 Å². The molecule has 0 radical (unpaired) electrons. The van der Waals surface area contributed by atoms with Crippen molar-refractivity contribution in [3.8, 4) is 11.5 Å². The smallest absolute Gasteiger partial charge is 0.325 e. The van der Waals surface area contributed by atoms with Crippen LogP contribution in [0.5, 0.6) is 11.5 Å². The molecule has 3 fully saturated rings. The van der Waals surface area contributed by atoms with Crippen LogP contribution in [-0.2, 0) is 16.1 Å². The van der Waals surface area contributed by atoms with Gasteiger partial charge in [-0.15, -0.1) is 0 Å². The summed E-state index contributed by atoms with van der Waals surface area (Å²) in [5.41, 5.74) is 0.756. The third kappa shape index (κ3) is 5.72. The van der Waals surface area contributed by atoms with Crippen LogP contribution in [0.3, 0.4) is 0 Å². The predicted octanol–water partition coefficient (Wildman–Crippen LogP) is 2.63. The summed E-state index contributed by atoms with van der Waals surface area (Å²) < 4.78 is 10.6. The maximum atomic E-state index is 12.9. The second kappa shape index (κ2) is 11.3. The van der Waals surface area contributed by atoms with E-state index >= 15 is 0 Å². The summed E-state index contributed by atoms with van der Waals surface area (Å²) in [5, 5.41) is 2.74. The first kappa shape index (κ1) is 25.3. The summed E-state index contributed by atoms with van der Waals surface area (Å²) in [5.74, 6) is 1.36. The summed E-state index contributed by atoms with van der Waals surface area (Å²) in [4.78, 5) is 43.9. The largest absolute Gasteiger partial charge is 0.493 e. The molecular formula is C26H38N4O5. The van der Waals surface area contributed by atoms with Crippen LogP contribution in [0.15, 0.2) is 18.2 Å². The summed E-state index contributed by atoms with van der Waals surface area (Å²) in [6.07, 6.45) is 6.68. The van der Waals surface area contributed by atoms with E-state index < -0.39 is 12.1 Å². The number of carbonyl (C=O) groups is 3. The van der Waals surface area contributed by atoms with Crippen LogP contribution >= 0.6 is 0 Å². The van der Waals surface area contributed by atoms with E-state index in [0.29, 0.717) is 29.9 Å². The van der Waals surface area contributed by atoms with E-state index in [1.54, 1.807) is 32.4 Å². The standard InChI is InChI=1S/C26H38N4O5/c1-28(17-19-7-6-14-29-13-5-4-8-21(19)29)24(31)12-10-20-25(32)30(26(33)27-20)16-18-9-11-22(34-2)23(15-18)35-3/h9,11,15,19-21H,4-8,10,12-14,16-17H2,1-3H3,(H,27,33)/t19-,20+,21+/m0/s1. The van der Waals surface area contributed by atoms with Crippen molar-refractivity contribution in [2.75, 3.05) is 40.9 Å². The number of nitrogens with zero attached hydrogens (tertiary/aromatic N) is 3. The fourth-order valence-corrected chi connectivity index (χ4v) is 5.79. The highest BCUT2D eigenvalue weighted by Gasteiger charge is 2.38. The topological polar surface area (TPSA) is 91.4 Å². The summed E-state index contributed by atoms with van der Waals surface area (Å²) in [7, 11) is 4.96. The number of piperidine rings is 2. The first-order chi connectivity index (χ1) is 16.9. The van der Waals surface area contributed by atoms with Gasteiger partial charge in [-0.25, -0.2) is 4.79 Å². The SMILES string of the molecule is COc1ccc(CN2C(=O)N[C@H](CCC(=O)N(C)C[C@@H]3CCCN4CCCC[C@H]34)C2=O)cc1OC. The Hall–Kier alpha value is -2.81. The normalized spacial score (nSPS) is 24.7. The molecule has 3 saturated heterocycles. The number of fused-ring (bicyclic) bond motifs is 1. The molecule has 192 valence electrons. The molecule has 3 aliphatic heterocycles. The van der Waals surface area contributed by atoms with Gasteiger partial charge in [0.15, 0.2) is 11.5 Å². The molecular weight excluding hydrogens is 448 g/mol. The van der Waals surface area contributed by atoms with Crippen molar-refractivity contribution in [1.82, 2.24) is 20.0 Å². The molecule has 3 aliphatic rings. The van der Waals surface area contributed by atoms with Crippen LogP contribution in [0.2, 0.25) is 0 Å². The van der Waals surface area contributed by atoms with Gasteiger partial charge in [0, 0.05) is 26.1 Å². The molecule has 3 atom stereocenters. The molecule has 0 saturated carbocycles. The van der Waals surface area contributed by atoms with Gasteiger partial charge in [0.25, 0.3) is 5.91 Å². The number of benzene rings is 1. The van der Waals surface area contributed by atoms with Crippen LogP contribution in [0.4, 0.5) is 4.79 Å². The van der Waals surface area contributed by atoms with Gasteiger partial charge in [-0.3, -0.25) is 14.5 Å². The van der Waals surface area contributed by atoms with E-state index in [0.717, 1.165) is 12.1 Å². The monoisotopic (exact) mass is 486 g/mol. The van der Waals surface area contributed by atoms with Crippen LogP contribution in [0.1, 0.15) is 50.5 Å². The lowest BCUT2D eigenvalue weighted by Gasteiger charge is -2.45. The first-order valence-electron chi connectivity index (χ1n) is 12.7. The third-order valence-corrected chi connectivity index (χ3v) is 7.71.